The second kappa shape index (κ2) is 4.82. The van der Waals surface area contributed by atoms with Crippen LogP contribution in [0.2, 0.25) is 0 Å². The van der Waals surface area contributed by atoms with Crippen molar-refractivity contribution in [1.29, 1.82) is 0 Å². The molecule has 2 atom stereocenters. The molecule has 0 aromatic heterocycles. The maximum atomic E-state index is 11.5. The molecule has 92 valence electrons. The summed E-state index contributed by atoms with van der Waals surface area (Å²) >= 11 is 0. The number of hydrogen-bond donors (Lipinski definition) is 1. The van der Waals surface area contributed by atoms with Crippen molar-refractivity contribution in [3.63, 3.8) is 0 Å². The zero-order valence-electron chi connectivity index (χ0n) is 10.2. The largest absolute Gasteiger partial charge is 0.444 e. The number of carbonyl (C=O) groups is 2. The lowest BCUT2D eigenvalue weighted by molar-refractivity contribution is -0.119. The molecule has 5 nitrogen and oxygen atoms in total. The van der Waals surface area contributed by atoms with Crippen LogP contribution in [0.25, 0.3) is 0 Å². The molecular formula is C11H19NO4. The lowest BCUT2D eigenvalue weighted by Gasteiger charge is -2.22. The molecule has 1 amide bonds. The fraction of sp³-hybridized carbons (Fsp3) is 0.818. The van der Waals surface area contributed by atoms with Gasteiger partial charge in [0, 0.05) is 0 Å². The minimum atomic E-state index is -0.574. The highest BCUT2D eigenvalue weighted by atomic mass is 16.6. The molecule has 0 radical (unpaired) electrons. The molecule has 1 rings (SSSR count). The van der Waals surface area contributed by atoms with Gasteiger partial charge in [0.05, 0.1) is 6.10 Å². The van der Waals surface area contributed by atoms with E-state index in [9.17, 15) is 9.59 Å². The molecule has 1 saturated heterocycles. The van der Waals surface area contributed by atoms with Gasteiger partial charge in [-0.05, 0) is 27.2 Å². The molecule has 1 aliphatic rings. The lowest BCUT2D eigenvalue weighted by atomic mass is 10.1. The Kier molecular flexibility index (Phi) is 3.91. The van der Waals surface area contributed by atoms with Gasteiger partial charge in [-0.25, -0.2) is 4.79 Å². The lowest BCUT2D eigenvalue weighted by Crippen LogP contribution is -2.46. The molecule has 2 unspecified atom stereocenters. The van der Waals surface area contributed by atoms with Crippen LogP contribution in [0.4, 0.5) is 4.79 Å². The Bertz CT molecular complexity index is 282. The molecule has 0 aromatic rings. The standard InChI is InChI=1S/C11H19NO4/c1-5-8-9(7(13)6-15-8)12-10(14)16-11(2,3)4/h8-9H,5-6H2,1-4H3,(H,12,14). The quantitative estimate of drug-likeness (QED) is 0.774. The second-order valence-corrected chi connectivity index (χ2v) is 4.85. The van der Waals surface area contributed by atoms with E-state index in [2.05, 4.69) is 5.32 Å². The SMILES string of the molecule is CCC1OCC(=O)C1NC(=O)OC(C)(C)C. The molecule has 1 heterocycles. The molecule has 0 aromatic carbocycles. The van der Waals surface area contributed by atoms with Crippen LogP contribution in [0.3, 0.4) is 0 Å². The molecule has 1 fully saturated rings. The second-order valence-electron chi connectivity index (χ2n) is 4.85. The first-order chi connectivity index (χ1) is 7.33. The van der Waals surface area contributed by atoms with Crippen LogP contribution in [0.15, 0.2) is 0 Å². The number of ether oxygens (including phenoxy) is 2. The summed E-state index contributed by atoms with van der Waals surface area (Å²) in [5.74, 6) is -0.0993. The maximum absolute atomic E-state index is 11.5. The molecule has 1 N–H and O–H groups in total. The van der Waals surface area contributed by atoms with Crippen LogP contribution in [-0.4, -0.2) is 36.2 Å². The van der Waals surface area contributed by atoms with Gasteiger partial charge in [0.2, 0.25) is 0 Å². The molecule has 16 heavy (non-hydrogen) atoms. The zero-order chi connectivity index (χ0) is 12.3. The molecule has 5 heteroatoms. The van der Waals surface area contributed by atoms with Crippen LogP contribution in [0, 0.1) is 0 Å². The van der Waals surface area contributed by atoms with Gasteiger partial charge in [-0.3, -0.25) is 4.79 Å². The zero-order valence-corrected chi connectivity index (χ0v) is 10.2. The Morgan fingerprint density at radius 1 is 1.56 bits per heavy atom. The number of rotatable bonds is 2. The van der Waals surface area contributed by atoms with Crippen molar-refractivity contribution < 1.29 is 19.1 Å². The van der Waals surface area contributed by atoms with Crippen LogP contribution in [0.5, 0.6) is 0 Å². The third kappa shape index (κ3) is 3.48. The van der Waals surface area contributed by atoms with Crippen molar-refractivity contribution in [2.75, 3.05) is 6.61 Å². The average molecular weight is 229 g/mol. The van der Waals surface area contributed by atoms with E-state index in [1.807, 2.05) is 6.92 Å². The first-order valence-corrected chi connectivity index (χ1v) is 5.47. The van der Waals surface area contributed by atoms with Crippen molar-refractivity contribution >= 4 is 11.9 Å². The van der Waals surface area contributed by atoms with E-state index in [1.165, 1.54) is 0 Å². The molecule has 0 aliphatic carbocycles. The van der Waals surface area contributed by atoms with Crippen LogP contribution >= 0.6 is 0 Å². The van der Waals surface area contributed by atoms with Gasteiger partial charge < -0.3 is 14.8 Å². The van der Waals surface area contributed by atoms with Gasteiger partial charge in [-0.1, -0.05) is 6.92 Å². The van der Waals surface area contributed by atoms with Crippen LogP contribution < -0.4 is 5.32 Å². The number of carbonyl (C=O) groups excluding carboxylic acids is 2. The minimum absolute atomic E-state index is 0.0684. The highest BCUT2D eigenvalue weighted by Gasteiger charge is 2.36. The maximum Gasteiger partial charge on any atom is 0.408 e. The first-order valence-electron chi connectivity index (χ1n) is 5.47. The predicted molar refractivity (Wildman–Crippen MR) is 58.2 cm³/mol. The summed E-state index contributed by atoms with van der Waals surface area (Å²) in [5.41, 5.74) is -0.561. The number of nitrogens with one attached hydrogen (secondary N) is 1. The highest BCUT2D eigenvalue weighted by Crippen LogP contribution is 2.14. The Labute approximate surface area is 95.5 Å². The van der Waals surface area contributed by atoms with Crippen molar-refractivity contribution in [1.82, 2.24) is 5.32 Å². The number of alkyl carbamates (subject to hydrolysis) is 1. The third-order valence-electron chi connectivity index (χ3n) is 2.23. The third-order valence-corrected chi connectivity index (χ3v) is 2.23. The number of hydrogen-bond acceptors (Lipinski definition) is 4. The van der Waals surface area contributed by atoms with Gasteiger partial charge in [0.1, 0.15) is 18.2 Å². The fourth-order valence-corrected chi connectivity index (χ4v) is 1.54. The van der Waals surface area contributed by atoms with E-state index < -0.39 is 17.7 Å². The van der Waals surface area contributed by atoms with E-state index in [0.29, 0.717) is 6.42 Å². The smallest absolute Gasteiger partial charge is 0.408 e. The summed E-state index contributed by atoms with van der Waals surface area (Å²) in [7, 11) is 0. The normalized spacial score (nSPS) is 25.6. The van der Waals surface area contributed by atoms with Crippen molar-refractivity contribution in [2.45, 2.75) is 51.9 Å². The average Bonchev–Trinajstić information content (AvgIpc) is 2.44. The van der Waals surface area contributed by atoms with E-state index >= 15 is 0 Å². The molecular weight excluding hydrogens is 210 g/mol. The highest BCUT2D eigenvalue weighted by molar-refractivity contribution is 5.90. The topological polar surface area (TPSA) is 64.6 Å². The summed E-state index contributed by atoms with van der Waals surface area (Å²) in [6.45, 7) is 7.30. The van der Waals surface area contributed by atoms with Crippen LogP contribution in [0.1, 0.15) is 34.1 Å². The summed E-state index contributed by atoms with van der Waals surface area (Å²) in [6.07, 6.45) is -0.124. The summed E-state index contributed by atoms with van der Waals surface area (Å²) < 4.78 is 10.3. The molecule has 0 bridgehead atoms. The van der Waals surface area contributed by atoms with Gasteiger partial charge in [-0.15, -0.1) is 0 Å². The van der Waals surface area contributed by atoms with E-state index in [-0.39, 0.29) is 18.5 Å². The van der Waals surface area contributed by atoms with Gasteiger partial charge in [-0.2, -0.15) is 0 Å². The van der Waals surface area contributed by atoms with Crippen LogP contribution in [-0.2, 0) is 14.3 Å². The Morgan fingerprint density at radius 2 is 2.19 bits per heavy atom. The van der Waals surface area contributed by atoms with E-state index in [0.717, 1.165) is 0 Å². The Hall–Kier alpha value is -1.10. The van der Waals surface area contributed by atoms with E-state index in [1.54, 1.807) is 20.8 Å². The number of Topliss-reactive ketones (excluding diaryl/α,β-unsaturated/α-hetero) is 1. The molecule has 0 saturated carbocycles. The first kappa shape index (κ1) is 13.0. The summed E-state index contributed by atoms with van der Waals surface area (Å²) in [5, 5.41) is 2.55. The van der Waals surface area contributed by atoms with Gasteiger partial charge in [0.15, 0.2) is 5.78 Å². The molecule has 0 spiro atoms. The monoisotopic (exact) mass is 229 g/mol. The Balaban J connectivity index is 2.52. The molecule has 1 aliphatic heterocycles. The minimum Gasteiger partial charge on any atom is -0.444 e. The number of ketones is 1. The van der Waals surface area contributed by atoms with Crippen molar-refractivity contribution in [3.05, 3.63) is 0 Å². The van der Waals surface area contributed by atoms with E-state index in [4.69, 9.17) is 9.47 Å². The summed E-state index contributed by atoms with van der Waals surface area (Å²) in [4.78, 5) is 22.9. The van der Waals surface area contributed by atoms with Gasteiger partial charge >= 0.3 is 6.09 Å². The fourth-order valence-electron chi connectivity index (χ4n) is 1.54. The predicted octanol–water partition coefficient (Wildman–Crippen LogP) is 1.26. The van der Waals surface area contributed by atoms with Crippen molar-refractivity contribution in [2.24, 2.45) is 0 Å². The number of amides is 1. The van der Waals surface area contributed by atoms with Gasteiger partial charge in [0.25, 0.3) is 0 Å². The Morgan fingerprint density at radius 3 is 2.69 bits per heavy atom. The summed E-state index contributed by atoms with van der Waals surface area (Å²) in [6, 6.07) is -0.570. The van der Waals surface area contributed by atoms with Crippen molar-refractivity contribution in [3.8, 4) is 0 Å².